The molecule has 0 spiro atoms. The second-order valence-electron chi connectivity index (χ2n) is 6.14. The van der Waals surface area contributed by atoms with E-state index in [0.717, 1.165) is 42.8 Å². The van der Waals surface area contributed by atoms with E-state index in [4.69, 9.17) is 11.6 Å². The maximum Gasteiger partial charge on any atom is 0.147 e. The molecule has 5 nitrogen and oxygen atoms in total. The molecular formula is C19H19ClN4O. The fraction of sp³-hybridized carbons (Fsp3) is 0.263. The molecule has 3 aromatic rings. The van der Waals surface area contributed by atoms with Crippen molar-refractivity contribution in [1.29, 1.82) is 0 Å². The van der Waals surface area contributed by atoms with Crippen molar-refractivity contribution in [2.45, 2.75) is 6.04 Å². The van der Waals surface area contributed by atoms with Crippen LogP contribution < -0.4 is 5.32 Å². The molecule has 1 saturated heterocycles. The van der Waals surface area contributed by atoms with Gasteiger partial charge in [0, 0.05) is 49.5 Å². The van der Waals surface area contributed by atoms with Gasteiger partial charge in [-0.3, -0.25) is 14.9 Å². The highest BCUT2D eigenvalue weighted by molar-refractivity contribution is 6.35. The van der Waals surface area contributed by atoms with Crippen molar-refractivity contribution in [2.75, 3.05) is 26.2 Å². The Morgan fingerprint density at radius 3 is 2.64 bits per heavy atom. The Balaban J connectivity index is 1.90. The summed E-state index contributed by atoms with van der Waals surface area (Å²) >= 11 is 6.50. The maximum atomic E-state index is 10.9. The Kier molecular flexibility index (Phi) is 4.53. The Bertz CT molecular complexity index is 881. The molecular weight excluding hydrogens is 336 g/mol. The fourth-order valence-corrected chi connectivity index (χ4v) is 3.71. The predicted octanol–water partition coefficient (Wildman–Crippen LogP) is 2.98. The minimum Gasteiger partial charge on any atom is -0.505 e. The molecule has 128 valence electrons. The standard InChI is InChI=1S/C19H19ClN4O/c20-15-12-14(19(25)17-13(15)4-3-7-23-17)18(16-5-1-2-6-22-16)24-10-8-21-9-11-24/h1-7,12,18,21,25H,8-11H2. The second-order valence-corrected chi connectivity index (χ2v) is 6.55. The molecule has 1 unspecified atom stereocenters. The maximum absolute atomic E-state index is 10.9. The van der Waals surface area contributed by atoms with E-state index in [1.165, 1.54) is 0 Å². The van der Waals surface area contributed by atoms with Crippen molar-refractivity contribution < 1.29 is 5.11 Å². The van der Waals surface area contributed by atoms with Gasteiger partial charge in [-0.15, -0.1) is 0 Å². The van der Waals surface area contributed by atoms with Gasteiger partial charge in [-0.1, -0.05) is 17.7 Å². The number of aromatic hydroxyl groups is 1. The van der Waals surface area contributed by atoms with Gasteiger partial charge in [-0.2, -0.15) is 0 Å². The predicted molar refractivity (Wildman–Crippen MR) is 98.9 cm³/mol. The van der Waals surface area contributed by atoms with E-state index in [9.17, 15) is 5.11 Å². The Labute approximate surface area is 151 Å². The summed E-state index contributed by atoms with van der Waals surface area (Å²) in [6, 6.07) is 11.2. The first-order valence-electron chi connectivity index (χ1n) is 8.37. The van der Waals surface area contributed by atoms with Gasteiger partial charge in [-0.05, 0) is 30.3 Å². The van der Waals surface area contributed by atoms with E-state index in [1.807, 2.05) is 36.4 Å². The zero-order valence-electron chi connectivity index (χ0n) is 13.7. The minimum absolute atomic E-state index is 0.160. The van der Waals surface area contributed by atoms with Crippen LogP contribution in [0, 0.1) is 0 Å². The van der Waals surface area contributed by atoms with Gasteiger partial charge in [0.15, 0.2) is 0 Å². The molecule has 1 aliphatic heterocycles. The van der Waals surface area contributed by atoms with Crippen LogP contribution in [0.1, 0.15) is 17.3 Å². The summed E-state index contributed by atoms with van der Waals surface area (Å²) in [4.78, 5) is 11.2. The number of phenolic OH excluding ortho intramolecular Hbond substituents is 1. The first kappa shape index (κ1) is 16.3. The van der Waals surface area contributed by atoms with Gasteiger partial charge in [0.2, 0.25) is 0 Å². The van der Waals surface area contributed by atoms with Crippen LogP contribution in [0.2, 0.25) is 5.02 Å². The zero-order chi connectivity index (χ0) is 17.2. The average molecular weight is 355 g/mol. The Morgan fingerprint density at radius 2 is 1.88 bits per heavy atom. The lowest BCUT2D eigenvalue weighted by atomic mass is 9.97. The summed E-state index contributed by atoms with van der Waals surface area (Å²) in [7, 11) is 0. The molecule has 4 rings (SSSR count). The summed E-state index contributed by atoms with van der Waals surface area (Å²) < 4.78 is 0. The Hall–Kier alpha value is -2.21. The molecule has 1 aromatic carbocycles. The van der Waals surface area contributed by atoms with E-state index in [-0.39, 0.29) is 11.8 Å². The number of fused-ring (bicyclic) bond motifs is 1. The number of phenols is 1. The molecule has 0 amide bonds. The molecule has 1 atom stereocenters. The monoisotopic (exact) mass is 354 g/mol. The van der Waals surface area contributed by atoms with Gasteiger partial charge < -0.3 is 10.4 Å². The number of piperazine rings is 1. The van der Waals surface area contributed by atoms with E-state index in [1.54, 1.807) is 12.4 Å². The Morgan fingerprint density at radius 1 is 1.08 bits per heavy atom. The lowest BCUT2D eigenvalue weighted by molar-refractivity contribution is 0.193. The molecule has 0 saturated carbocycles. The van der Waals surface area contributed by atoms with Gasteiger partial charge in [0.1, 0.15) is 11.3 Å². The van der Waals surface area contributed by atoms with E-state index in [2.05, 4.69) is 20.2 Å². The number of halogens is 1. The summed E-state index contributed by atoms with van der Waals surface area (Å²) in [6.45, 7) is 3.56. The van der Waals surface area contributed by atoms with Gasteiger partial charge in [-0.25, -0.2) is 0 Å². The first-order chi connectivity index (χ1) is 12.3. The van der Waals surface area contributed by atoms with Crippen LogP contribution in [-0.4, -0.2) is 46.2 Å². The molecule has 2 aromatic heterocycles. The number of nitrogens with one attached hydrogen (secondary N) is 1. The van der Waals surface area contributed by atoms with Crippen molar-refractivity contribution >= 4 is 22.5 Å². The number of rotatable bonds is 3. The molecule has 1 fully saturated rings. The van der Waals surface area contributed by atoms with Crippen molar-refractivity contribution in [2.24, 2.45) is 0 Å². The van der Waals surface area contributed by atoms with Crippen LogP contribution in [0.5, 0.6) is 5.75 Å². The molecule has 1 aliphatic rings. The van der Waals surface area contributed by atoms with Crippen LogP contribution in [0.25, 0.3) is 10.9 Å². The second kappa shape index (κ2) is 6.96. The molecule has 2 N–H and O–H groups in total. The molecule has 3 heterocycles. The lowest BCUT2D eigenvalue weighted by Crippen LogP contribution is -2.45. The first-order valence-corrected chi connectivity index (χ1v) is 8.75. The highest BCUT2D eigenvalue weighted by Gasteiger charge is 2.28. The van der Waals surface area contributed by atoms with Gasteiger partial charge in [0.25, 0.3) is 0 Å². The quantitative estimate of drug-likeness (QED) is 0.757. The summed E-state index contributed by atoms with van der Waals surface area (Å²) in [5.74, 6) is 0.175. The lowest BCUT2D eigenvalue weighted by Gasteiger charge is -2.35. The highest BCUT2D eigenvalue weighted by atomic mass is 35.5. The van der Waals surface area contributed by atoms with E-state index < -0.39 is 0 Å². The molecule has 6 heteroatoms. The number of aromatic nitrogens is 2. The zero-order valence-corrected chi connectivity index (χ0v) is 14.4. The smallest absolute Gasteiger partial charge is 0.147 e. The molecule has 25 heavy (non-hydrogen) atoms. The van der Waals surface area contributed by atoms with Crippen LogP contribution in [-0.2, 0) is 0 Å². The number of hydrogen-bond donors (Lipinski definition) is 2. The van der Waals surface area contributed by atoms with E-state index in [0.29, 0.717) is 10.5 Å². The van der Waals surface area contributed by atoms with E-state index >= 15 is 0 Å². The molecule has 0 aliphatic carbocycles. The third-order valence-corrected chi connectivity index (χ3v) is 4.94. The number of pyridine rings is 2. The third-order valence-electron chi connectivity index (χ3n) is 4.62. The van der Waals surface area contributed by atoms with Crippen LogP contribution in [0.4, 0.5) is 0 Å². The molecule has 0 radical (unpaired) electrons. The van der Waals surface area contributed by atoms with Gasteiger partial charge >= 0.3 is 0 Å². The van der Waals surface area contributed by atoms with Crippen LogP contribution in [0.3, 0.4) is 0 Å². The topological polar surface area (TPSA) is 61.3 Å². The van der Waals surface area contributed by atoms with Crippen molar-refractivity contribution in [1.82, 2.24) is 20.2 Å². The number of hydrogen-bond acceptors (Lipinski definition) is 5. The average Bonchev–Trinajstić information content (AvgIpc) is 2.68. The SMILES string of the molecule is Oc1c(C(c2ccccn2)N2CCNCC2)cc(Cl)c2cccnc12. The van der Waals surface area contributed by atoms with Crippen LogP contribution in [0.15, 0.2) is 48.8 Å². The third kappa shape index (κ3) is 3.06. The van der Waals surface area contributed by atoms with Crippen molar-refractivity contribution in [3.05, 3.63) is 65.1 Å². The fourth-order valence-electron chi connectivity index (χ4n) is 3.44. The van der Waals surface area contributed by atoms with Crippen LogP contribution >= 0.6 is 11.6 Å². The molecule has 0 bridgehead atoms. The summed E-state index contributed by atoms with van der Waals surface area (Å²) in [5, 5.41) is 15.7. The summed E-state index contributed by atoms with van der Waals surface area (Å²) in [5.41, 5.74) is 2.17. The summed E-state index contributed by atoms with van der Waals surface area (Å²) in [6.07, 6.45) is 3.45. The highest BCUT2D eigenvalue weighted by Crippen LogP contribution is 2.40. The van der Waals surface area contributed by atoms with Crippen molar-refractivity contribution in [3.8, 4) is 5.75 Å². The minimum atomic E-state index is -0.160. The van der Waals surface area contributed by atoms with Gasteiger partial charge in [0.05, 0.1) is 16.8 Å². The largest absolute Gasteiger partial charge is 0.505 e. The normalized spacial score (nSPS) is 16.8. The van der Waals surface area contributed by atoms with Crippen molar-refractivity contribution in [3.63, 3.8) is 0 Å². The number of nitrogens with zero attached hydrogens (tertiary/aromatic N) is 3. The number of benzene rings is 1.